The van der Waals surface area contributed by atoms with E-state index in [1.54, 1.807) is 23.9 Å². The second kappa shape index (κ2) is 9.86. The van der Waals surface area contributed by atoms with Gasteiger partial charge in [-0.05, 0) is 36.6 Å². The molecule has 0 saturated heterocycles. The molecule has 8 heteroatoms. The van der Waals surface area contributed by atoms with Gasteiger partial charge in [-0.1, -0.05) is 78.1 Å². The Balaban J connectivity index is 1.58. The fraction of sp³-hybridized carbons (Fsp3) is 0.318. The van der Waals surface area contributed by atoms with Gasteiger partial charge in [0.25, 0.3) is 0 Å². The Kier molecular flexibility index (Phi) is 6.97. The zero-order valence-corrected chi connectivity index (χ0v) is 18.7. The van der Waals surface area contributed by atoms with E-state index in [1.165, 1.54) is 5.56 Å². The van der Waals surface area contributed by atoms with Gasteiger partial charge in [-0.2, -0.15) is 0 Å². The molecule has 1 aromatic heterocycles. The van der Waals surface area contributed by atoms with Crippen molar-refractivity contribution in [3.63, 3.8) is 0 Å². The summed E-state index contributed by atoms with van der Waals surface area (Å²) in [6.07, 6.45) is 4.16. The molecule has 3 aromatic rings. The van der Waals surface area contributed by atoms with Crippen molar-refractivity contribution in [1.29, 1.82) is 0 Å². The number of benzene rings is 2. The van der Waals surface area contributed by atoms with Crippen molar-refractivity contribution in [2.24, 2.45) is 5.92 Å². The van der Waals surface area contributed by atoms with E-state index in [0.29, 0.717) is 27.6 Å². The Labute approximate surface area is 190 Å². The maximum atomic E-state index is 12.5. The largest absolute Gasteiger partial charge is 0.349 e. The van der Waals surface area contributed by atoms with Crippen molar-refractivity contribution in [3.05, 3.63) is 70.0 Å². The molecule has 1 aliphatic rings. The summed E-state index contributed by atoms with van der Waals surface area (Å²) >= 11 is 14.2. The molecule has 4 rings (SSSR count). The van der Waals surface area contributed by atoms with Gasteiger partial charge in [0.2, 0.25) is 5.91 Å². The van der Waals surface area contributed by atoms with Crippen molar-refractivity contribution in [2.45, 2.75) is 43.1 Å². The third-order valence-electron chi connectivity index (χ3n) is 5.21. The zero-order valence-electron chi connectivity index (χ0n) is 16.4. The molecule has 1 fully saturated rings. The van der Waals surface area contributed by atoms with Gasteiger partial charge in [-0.15, -0.1) is 10.2 Å². The molecule has 0 unspecified atom stereocenters. The third kappa shape index (κ3) is 4.99. The van der Waals surface area contributed by atoms with Crippen LogP contribution in [0.2, 0.25) is 10.0 Å². The molecular formula is C22H22Cl2N4OS. The van der Waals surface area contributed by atoms with Gasteiger partial charge in [0, 0.05) is 16.7 Å². The van der Waals surface area contributed by atoms with Gasteiger partial charge in [-0.3, -0.25) is 9.36 Å². The first-order valence-electron chi connectivity index (χ1n) is 9.96. The van der Waals surface area contributed by atoms with Gasteiger partial charge in [0.15, 0.2) is 11.0 Å². The molecule has 1 heterocycles. The van der Waals surface area contributed by atoms with E-state index in [2.05, 4.69) is 27.6 Å². The maximum absolute atomic E-state index is 12.5. The fourth-order valence-corrected chi connectivity index (χ4v) is 5.05. The van der Waals surface area contributed by atoms with Crippen molar-refractivity contribution in [1.82, 2.24) is 20.1 Å². The Hall–Kier alpha value is -2.02. The molecule has 1 amide bonds. The molecule has 30 heavy (non-hydrogen) atoms. The topological polar surface area (TPSA) is 59.8 Å². The van der Waals surface area contributed by atoms with Gasteiger partial charge in [0.1, 0.15) is 0 Å². The minimum atomic E-state index is 0.0859. The number of rotatable bonds is 7. The number of hydrogen-bond acceptors (Lipinski definition) is 4. The summed E-state index contributed by atoms with van der Waals surface area (Å²) in [5.74, 6) is 1.58. The second-order valence-corrected chi connectivity index (χ2v) is 9.09. The normalized spacial score (nSPS) is 14.2. The van der Waals surface area contributed by atoms with Crippen molar-refractivity contribution in [2.75, 3.05) is 0 Å². The van der Waals surface area contributed by atoms with E-state index in [0.717, 1.165) is 37.1 Å². The second-order valence-electron chi connectivity index (χ2n) is 7.30. The zero-order chi connectivity index (χ0) is 20.9. The van der Waals surface area contributed by atoms with E-state index in [-0.39, 0.29) is 11.8 Å². The van der Waals surface area contributed by atoms with E-state index in [4.69, 9.17) is 23.2 Å². The number of halogens is 2. The molecule has 0 radical (unpaired) electrons. The van der Waals surface area contributed by atoms with E-state index in [9.17, 15) is 4.79 Å². The third-order valence-corrected chi connectivity index (χ3v) is 6.75. The summed E-state index contributed by atoms with van der Waals surface area (Å²) < 4.78 is 1.90. The van der Waals surface area contributed by atoms with E-state index in [1.807, 2.05) is 28.8 Å². The molecule has 0 atom stereocenters. The Morgan fingerprint density at radius 2 is 1.87 bits per heavy atom. The summed E-state index contributed by atoms with van der Waals surface area (Å²) in [7, 11) is 0. The van der Waals surface area contributed by atoms with Crippen LogP contribution in [0.15, 0.2) is 53.7 Å². The van der Waals surface area contributed by atoms with Crippen LogP contribution in [0.25, 0.3) is 5.69 Å². The number of amides is 1. The molecule has 0 spiro atoms. The van der Waals surface area contributed by atoms with Gasteiger partial charge < -0.3 is 5.32 Å². The number of hydrogen-bond donors (Lipinski definition) is 1. The number of carbonyl (C=O) groups excluding carboxylic acids is 1. The summed E-state index contributed by atoms with van der Waals surface area (Å²) in [4.78, 5) is 12.5. The van der Waals surface area contributed by atoms with Crippen LogP contribution in [0.4, 0.5) is 0 Å². The molecular weight excluding hydrogens is 439 g/mol. The number of thioether (sulfide) groups is 1. The summed E-state index contributed by atoms with van der Waals surface area (Å²) in [6.45, 7) is 0.299. The van der Waals surface area contributed by atoms with Crippen LogP contribution in [0.5, 0.6) is 0 Å². The highest BCUT2D eigenvalue weighted by atomic mass is 35.5. The lowest BCUT2D eigenvalue weighted by Crippen LogP contribution is -2.29. The predicted molar refractivity (Wildman–Crippen MR) is 121 cm³/mol. The lowest BCUT2D eigenvalue weighted by atomic mass is 10.1. The van der Waals surface area contributed by atoms with Crippen LogP contribution < -0.4 is 5.32 Å². The van der Waals surface area contributed by atoms with Gasteiger partial charge in [0.05, 0.1) is 17.3 Å². The van der Waals surface area contributed by atoms with E-state index < -0.39 is 0 Å². The molecule has 1 aliphatic carbocycles. The molecule has 1 saturated carbocycles. The monoisotopic (exact) mass is 460 g/mol. The number of carbonyl (C=O) groups is 1. The number of nitrogens with one attached hydrogen (secondary N) is 1. The van der Waals surface area contributed by atoms with Crippen LogP contribution in [0, 0.1) is 5.92 Å². The minimum absolute atomic E-state index is 0.0859. The Morgan fingerprint density at radius 3 is 2.60 bits per heavy atom. The van der Waals surface area contributed by atoms with Crippen LogP contribution in [-0.2, 0) is 17.1 Å². The van der Waals surface area contributed by atoms with E-state index >= 15 is 0 Å². The highest BCUT2D eigenvalue weighted by molar-refractivity contribution is 7.98. The average Bonchev–Trinajstić information content (AvgIpc) is 3.42. The quantitative estimate of drug-likeness (QED) is 0.461. The smallest absolute Gasteiger partial charge is 0.223 e. The lowest BCUT2D eigenvalue weighted by Gasteiger charge is -2.14. The Morgan fingerprint density at radius 1 is 1.10 bits per heavy atom. The first kappa shape index (κ1) is 21.2. The summed E-state index contributed by atoms with van der Waals surface area (Å²) in [6, 6.07) is 15.5. The summed E-state index contributed by atoms with van der Waals surface area (Å²) in [5.41, 5.74) is 1.93. The highest BCUT2D eigenvalue weighted by Gasteiger charge is 2.24. The minimum Gasteiger partial charge on any atom is -0.349 e. The standard InChI is InChI=1S/C22H22Cl2N4OS/c23-17-10-11-19(18(24)12-17)28-20(13-25-21(29)16-8-4-5-9-16)26-27-22(28)30-14-15-6-2-1-3-7-15/h1-3,6-7,10-12,16H,4-5,8-9,13-14H2,(H,25,29). The van der Waals surface area contributed by atoms with Crippen molar-refractivity contribution < 1.29 is 4.79 Å². The van der Waals surface area contributed by atoms with Crippen LogP contribution in [0.1, 0.15) is 37.1 Å². The molecule has 5 nitrogen and oxygen atoms in total. The first-order chi connectivity index (χ1) is 14.6. The predicted octanol–water partition coefficient (Wildman–Crippen LogP) is 5.67. The fourth-order valence-electron chi connectivity index (χ4n) is 3.63. The highest BCUT2D eigenvalue weighted by Crippen LogP contribution is 2.31. The van der Waals surface area contributed by atoms with Crippen molar-refractivity contribution in [3.8, 4) is 5.69 Å². The number of nitrogens with zero attached hydrogens (tertiary/aromatic N) is 3. The first-order valence-corrected chi connectivity index (χ1v) is 11.7. The SMILES string of the molecule is O=C(NCc1nnc(SCc2ccccc2)n1-c1ccc(Cl)cc1Cl)C1CCCC1. The molecule has 156 valence electrons. The lowest BCUT2D eigenvalue weighted by molar-refractivity contribution is -0.125. The summed E-state index contributed by atoms with van der Waals surface area (Å²) in [5, 5.41) is 13.5. The van der Waals surface area contributed by atoms with Gasteiger partial charge >= 0.3 is 0 Å². The Bertz CT molecular complexity index is 1020. The molecule has 0 aliphatic heterocycles. The maximum Gasteiger partial charge on any atom is 0.223 e. The molecule has 0 bridgehead atoms. The van der Waals surface area contributed by atoms with Crippen LogP contribution >= 0.6 is 35.0 Å². The average molecular weight is 461 g/mol. The van der Waals surface area contributed by atoms with Crippen LogP contribution in [0.3, 0.4) is 0 Å². The van der Waals surface area contributed by atoms with Gasteiger partial charge in [-0.25, -0.2) is 0 Å². The van der Waals surface area contributed by atoms with Crippen LogP contribution in [-0.4, -0.2) is 20.7 Å². The number of aromatic nitrogens is 3. The molecule has 1 N–H and O–H groups in total. The van der Waals surface area contributed by atoms with Crippen molar-refractivity contribution >= 4 is 40.9 Å². The molecule has 2 aromatic carbocycles.